The van der Waals surface area contributed by atoms with Crippen molar-refractivity contribution in [3.63, 3.8) is 0 Å². The van der Waals surface area contributed by atoms with Crippen LogP contribution in [0.4, 0.5) is 5.69 Å². The molecule has 0 unspecified atom stereocenters. The number of rotatable bonds is 3. The van der Waals surface area contributed by atoms with Crippen molar-refractivity contribution < 1.29 is 4.79 Å². The number of benzene rings is 2. The summed E-state index contributed by atoms with van der Waals surface area (Å²) in [6.07, 6.45) is 1.60. The fourth-order valence-electron chi connectivity index (χ4n) is 3.12. The second kappa shape index (κ2) is 6.15. The van der Waals surface area contributed by atoms with E-state index >= 15 is 0 Å². The van der Waals surface area contributed by atoms with E-state index in [4.69, 9.17) is 0 Å². The monoisotopic (exact) mass is 346 g/mol. The van der Waals surface area contributed by atoms with Gasteiger partial charge in [0.1, 0.15) is 0 Å². The van der Waals surface area contributed by atoms with E-state index in [1.165, 1.54) is 0 Å². The molecule has 0 atom stereocenters. The number of hydrogen-bond acceptors (Lipinski definition) is 3. The molecular weight excluding hydrogens is 328 g/mol. The maximum atomic E-state index is 12.5. The van der Waals surface area contributed by atoms with Gasteiger partial charge in [-0.25, -0.2) is 4.98 Å². The van der Waals surface area contributed by atoms with Crippen LogP contribution >= 0.6 is 0 Å². The summed E-state index contributed by atoms with van der Waals surface area (Å²) < 4.78 is 0. The third-order valence-electron chi connectivity index (χ3n) is 4.44. The first-order valence-electron chi connectivity index (χ1n) is 8.43. The fourth-order valence-corrected chi connectivity index (χ4v) is 3.12. The highest BCUT2D eigenvalue weighted by Gasteiger charge is 2.11. The van der Waals surface area contributed by atoms with Crippen LogP contribution in [0.1, 0.15) is 35.7 Å². The summed E-state index contributed by atoms with van der Waals surface area (Å²) in [5.41, 5.74) is 4.34. The maximum absolute atomic E-state index is 12.5. The summed E-state index contributed by atoms with van der Waals surface area (Å²) in [6.45, 7) is 4.10. The zero-order valence-corrected chi connectivity index (χ0v) is 14.5. The summed E-state index contributed by atoms with van der Waals surface area (Å²) in [5.74, 6) is 0.0181. The largest absolute Gasteiger partial charge is 0.345 e. The lowest BCUT2D eigenvalue weighted by Crippen LogP contribution is -2.12. The van der Waals surface area contributed by atoms with Crippen molar-refractivity contribution in [3.05, 3.63) is 70.3 Å². The summed E-state index contributed by atoms with van der Waals surface area (Å²) in [5, 5.41) is 3.86. The Morgan fingerprint density at radius 3 is 2.73 bits per heavy atom. The molecule has 130 valence electrons. The molecule has 4 aromatic rings. The topological polar surface area (TPSA) is 90.6 Å². The third-order valence-corrected chi connectivity index (χ3v) is 4.44. The van der Waals surface area contributed by atoms with Gasteiger partial charge in [0.25, 0.3) is 5.91 Å². The summed E-state index contributed by atoms with van der Waals surface area (Å²) >= 11 is 0. The molecule has 6 heteroatoms. The Labute approximate surface area is 149 Å². The average molecular weight is 346 g/mol. The number of hydrogen-bond donors (Lipinski definition) is 3. The van der Waals surface area contributed by atoms with Gasteiger partial charge in [-0.1, -0.05) is 19.9 Å². The minimum Gasteiger partial charge on any atom is -0.345 e. The van der Waals surface area contributed by atoms with E-state index in [-0.39, 0.29) is 17.4 Å². The minimum atomic E-state index is -0.219. The highest BCUT2D eigenvalue weighted by Crippen LogP contribution is 2.25. The van der Waals surface area contributed by atoms with Crippen molar-refractivity contribution in [2.45, 2.75) is 19.8 Å². The van der Waals surface area contributed by atoms with Crippen molar-refractivity contribution in [2.24, 2.45) is 0 Å². The molecule has 2 aromatic carbocycles. The Hall–Kier alpha value is -3.41. The number of amides is 1. The van der Waals surface area contributed by atoms with Crippen molar-refractivity contribution in [3.8, 4) is 0 Å². The molecule has 0 saturated heterocycles. The third kappa shape index (κ3) is 2.86. The van der Waals surface area contributed by atoms with Gasteiger partial charge < -0.3 is 15.3 Å². The molecule has 26 heavy (non-hydrogen) atoms. The second-order valence-corrected chi connectivity index (χ2v) is 6.59. The van der Waals surface area contributed by atoms with Crippen LogP contribution in [0.5, 0.6) is 0 Å². The molecular formula is C20H18N4O2. The molecule has 2 aromatic heterocycles. The Bertz CT molecular complexity index is 1190. The van der Waals surface area contributed by atoms with Crippen molar-refractivity contribution in [1.29, 1.82) is 0 Å². The molecule has 4 rings (SSSR count). The van der Waals surface area contributed by atoms with Gasteiger partial charge in [0, 0.05) is 22.7 Å². The first-order chi connectivity index (χ1) is 12.5. The fraction of sp³-hybridized carbons (Fsp3) is 0.150. The van der Waals surface area contributed by atoms with Crippen LogP contribution in [0.2, 0.25) is 0 Å². The number of aromatic amines is 2. The number of nitrogens with zero attached hydrogens (tertiary/aromatic N) is 1. The van der Waals surface area contributed by atoms with Crippen LogP contribution in [-0.2, 0) is 0 Å². The molecule has 0 bridgehead atoms. The van der Waals surface area contributed by atoms with Gasteiger partial charge in [0.05, 0.1) is 22.9 Å². The predicted molar refractivity (Wildman–Crippen MR) is 103 cm³/mol. The summed E-state index contributed by atoms with van der Waals surface area (Å²) in [7, 11) is 0. The first kappa shape index (κ1) is 16.1. The molecule has 6 nitrogen and oxygen atoms in total. The lowest BCUT2D eigenvalue weighted by molar-refractivity contribution is 0.102. The van der Waals surface area contributed by atoms with Crippen LogP contribution in [0.3, 0.4) is 0 Å². The Morgan fingerprint density at radius 2 is 1.92 bits per heavy atom. The Kier molecular flexibility index (Phi) is 3.80. The smallest absolute Gasteiger partial charge is 0.255 e. The lowest BCUT2D eigenvalue weighted by Gasteiger charge is -2.11. The maximum Gasteiger partial charge on any atom is 0.255 e. The molecule has 2 heterocycles. The Morgan fingerprint density at radius 1 is 1.08 bits per heavy atom. The Balaban J connectivity index is 1.68. The van der Waals surface area contributed by atoms with E-state index in [0.29, 0.717) is 16.8 Å². The SMILES string of the molecule is CC(C)c1cc(=O)[nH]c2cc(NC(=O)c3ccc4nc[nH]c4c3)ccc12. The molecule has 1 amide bonds. The molecule has 0 spiro atoms. The van der Waals surface area contributed by atoms with E-state index < -0.39 is 0 Å². The lowest BCUT2D eigenvalue weighted by atomic mass is 9.99. The zero-order valence-electron chi connectivity index (χ0n) is 14.5. The van der Waals surface area contributed by atoms with E-state index in [2.05, 4.69) is 34.1 Å². The van der Waals surface area contributed by atoms with Crippen LogP contribution in [-0.4, -0.2) is 20.9 Å². The van der Waals surface area contributed by atoms with Crippen molar-refractivity contribution in [2.75, 3.05) is 5.32 Å². The van der Waals surface area contributed by atoms with Gasteiger partial charge in [-0.05, 0) is 41.8 Å². The summed E-state index contributed by atoms with van der Waals surface area (Å²) in [6, 6.07) is 12.5. The molecule has 0 aliphatic rings. The van der Waals surface area contributed by atoms with Crippen LogP contribution in [0.15, 0.2) is 53.6 Å². The van der Waals surface area contributed by atoms with E-state index in [1.54, 1.807) is 36.7 Å². The number of carbonyl (C=O) groups is 1. The second-order valence-electron chi connectivity index (χ2n) is 6.59. The predicted octanol–water partition coefficient (Wildman–Crippen LogP) is 3.78. The number of carbonyl (C=O) groups excluding carboxylic acids is 1. The highest BCUT2D eigenvalue weighted by atomic mass is 16.1. The van der Waals surface area contributed by atoms with E-state index in [9.17, 15) is 9.59 Å². The zero-order chi connectivity index (χ0) is 18.3. The minimum absolute atomic E-state index is 0.144. The summed E-state index contributed by atoms with van der Waals surface area (Å²) in [4.78, 5) is 34.4. The van der Waals surface area contributed by atoms with E-state index in [1.807, 2.05) is 12.1 Å². The number of H-pyrrole nitrogens is 2. The molecule has 0 saturated carbocycles. The normalized spacial score (nSPS) is 11.3. The molecule has 0 aliphatic carbocycles. The van der Waals surface area contributed by atoms with Crippen LogP contribution in [0, 0.1) is 0 Å². The molecule has 0 radical (unpaired) electrons. The van der Waals surface area contributed by atoms with Crippen molar-refractivity contribution >= 4 is 33.5 Å². The van der Waals surface area contributed by atoms with Gasteiger partial charge in [0.2, 0.25) is 5.56 Å². The van der Waals surface area contributed by atoms with Crippen LogP contribution in [0.25, 0.3) is 21.9 Å². The average Bonchev–Trinajstić information content (AvgIpc) is 3.08. The first-order valence-corrected chi connectivity index (χ1v) is 8.43. The van der Waals surface area contributed by atoms with Gasteiger partial charge in [-0.15, -0.1) is 0 Å². The van der Waals surface area contributed by atoms with Crippen molar-refractivity contribution in [1.82, 2.24) is 15.0 Å². The van der Waals surface area contributed by atoms with Crippen LogP contribution < -0.4 is 10.9 Å². The molecule has 3 N–H and O–H groups in total. The number of pyridine rings is 1. The molecule has 0 aliphatic heterocycles. The van der Waals surface area contributed by atoms with E-state index in [0.717, 1.165) is 22.0 Å². The van der Waals surface area contributed by atoms with Gasteiger partial charge in [0.15, 0.2) is 0 Å². The van der Waals surface area contributed by atoms with Gasteiger partial charge in [-0.2, -0.15) is 0 Å². The van der Waals surface area contributed by atoms with Gasteiger partial charge >= 0.3 is 0 Å². The molecule has 0 fully saturated rings. The number of nitrogens with one attached hydrogen (secondary N) is 3. The number of aromatic nitrogens is 3. The highest BCUT2D eigenvalue weighted by molar-refractivity contribution is 6.06. The number of anilines is 1. The van der Waals surface area contributed by atoms with Gasteiger partial charge in [-0.3, -0.25) is 9.59 Å². The number of fused-ring (bicyclic) bond motifs is 2. The standard InChI is InChI=1S/C20H18N4O2/c1-11(2)15-9-19(25)24-17-8-13(4-5-14(15)17)23-20(26)12-3-6-16-18(7-12)22-10-21-16/h3-11H,1-2H3,(H,21,22)(H,23,26)(H,24,25). The quantitative estimate of drug-likeness (QED) is 0.527. The number of imidazole rings is 1.